The zero-order chi connectivity index (χ0) is 9.84. The summed E-state index contributed by atoms with van der Waals surface area (Å²) in [6.07, 6.45) is 4.00. The van der Waals surface area contributed by atoms with Gasteiger partial charge in [0, 0.05) is 18.6 Å². The first-order valence-corrected chi connectivity index (χ1v) is 5.64. The maximum absolute atomic E-state index is 5.81. The molecular formula is C11H24N2. The van der Waals surface area contributed by atoms with Gasteiger partial charge in [-0.05, 0) is 39.2 Å². The third kappa shape index (κ3) is 2.68. The number of nitrogens with zero attached hydrogens (tertiary/aromatic N) is 1. The lowest BCUT2D eigenvalue weighted by Gasteiger charge is -2.41. The summed E-state index contributed by atoms with van der Waals surface area (Å²) in [5.41, 5.74) is 5.81. The van der Waals surface area contributed by atoms with Crippen molar-refractivity contribution in [2.24, 2.45) is 11.7 Å². The molecule has 0 aliphatic carbocycles. The van der Waals surface area contributed by atoms with Crippen LogP contribution >= 0.6 is 0 Å². The van der Waals surface area contributed by atoms with Crippen LogP contribution in [0.5, 0.6) is 0 Å². The largest absolute Gasteiger partial charge is 0.329 e. The Morgan fingerprint density at radius 2 is 2.15 bits per heavy atom. The maximum Gasteiger partial charge on any atom is 0.0223 e. The number of hydrogen-bond donors (Lipinski definition) is 1. The van der Waals surface area contributed by atoms with Crippen molar-refractivity contribution in [3.8, 4) is 0 Å². The molecule has 1 rings (SSSR count). The smallest absolute Gasteiger partial charge is 0.0223 e. The van der Waals surface area contributed by atoms with Gasteiger partial charge in [-0.3, -0.25) is 4.90 Å². The van der Waals surface area contributed by atoms with E-state index in [1.807, 2.05) is 0 Å². The van der Waals surface area contributed by atoms with E-state index in [1.165, 1.54) is 25.8 Å². The fraction of sp³-hybridized carbons (Fsp3) is 1.00. The van der Waals surface area contributed by atoms with Gasteiger partial charge in [0.15, 0.2) is 0 Å². The van der Waals surface area contributed by atoms with Crippen LogP contribution in [0.1, 0.15) is 40.0 Å². The molecule has 1 aliphatic rings. The van der Waals surface area contributed by atoms with Gasteiger partial charge in [0.25, 0.3) is 0 Å². The Morgan fingerprint density at radius 1 is 1.46 bits per heavy atom. The lowest BCUT2D eigenvalue weighted by atomic mass is 9.88. The first-order chi connectivity index (χ1) is 6.19. The lowest BCUT2D eigenvalue weighted by molar-refractivity contribution is 0.0848. The van der Waals surface area contributed by atoms with E-state index in [-0.39, 0.29) is 0 Å². The number of nitrogens with two attached hydrogens (primary N) is 1. The van der Waals surface area contributed by atoms with Gasteiger partial charge in [0.05, 0.1) is 0 Å². The highest BCUT2D eigenvalue weighted by Gasteiger charge is 2.27. The Labute approximate surface area is 82.5 Å². The molecule has 0 radical (unpaired) electrons. The van der Waals surface area contributed by atoms with Crippen LogP contribution in [0.15, 0.2) is 0 Å². The molecule has 2 unspecified atom stereocenters. The molecule has 1 saturated heterocycles. The Hall–Kier alpha value is -0.0800. The summed E-state index contributed by atoms with van der Waals surface area (Å²) in [5, 5.41) is 0. The molecule has 0 aromatic heterocycles. The molecule has 1 heterocycles. The van der Waals surface area contributed by atoms with Gasteiger partial charge in [-0.15, -0.1) is 0 Å². The molecule has 0 amide bonds. The van der Waals surface area contributed by atoms with Crippen LogP contribution in [-0.4, -0.2) is 30.1 Å². The average Bonchev–Trinajstić information content (AvgIpc) is 2.16. The normalized spacial score (nSPS) is 31.2. The van der Waals surface area contributed by atoms with Gasteiger partial charge in [-0.1, -0.05) is 13.3 Å². The fourth-order valence-electron chi connectivity index (χ4n) is 2.43. The molecular weight excluding hydrogens is 160 g/mol. The summed E-state index contributed by atoms with van der Waals surface area (Å²) in [5.74, 6) is 0.920. The second-order valence-corrected chi connectivity index (χ2v) is 4.52. The van der Waals surface area contributed by atoms with Crippen LogP contribution < -0.4 is 5.73 Å². The summed E-state index contributed by atoms with van der Waals surface area (Å²) in [4.78, 5) is 2.56. The number of likely N-dealkylation sites (tertiary alicyclic amines) is 1. The van der Waals surface area contributed by atoms with Crippen LogP contribution in [-0.2, 0) is 0 Å². The Balaban J connectivity index is 2.50. The highest BCUT2D eigenvalue weighted by Crippen LogP contribution is 2.26. The number of hydrogen-bond acceptors (Lipinski definition) is 2. The van der Waals surface area contributed by atoms with Crippen molar-refractivity contribution in [1.82, 2.24) is 4.90 Å². The van der Waals surface area contributed by atoms with Crippen molar-refractivity contribution in [3.05, 3.63) is 0 Å². The van der Waals surface area contributed by atoms with E-state index >= 15 is 0 Å². The Bertz CT molecular complexity index is 145. The molecule has 2 nitrogen and oxygen atoms in total. The van der Waals surface area contributed by atoms with Gasteiger partial charge in [-0.25, -0.2) is 0 Å². The quantitative estimate of drug-likeness (QED) is 0.725. The Morgan fingerprint density at radius 3 is 2.62 bits per heavy atom. The van der Waals surface area contributed by atoms with E-state index in [9.17, 15) is 0 Å². The van der Waals surface area contributed by atoms with Crippen molar-refractivity contribution >= 4 is 0 Å². The molecule has 0 aromatic carbocycles. The molecule has 0 saturated carbocycles. The number of piperidine rings is 1. The first-order valence-electron chi connectivity index (χ1n) is 5.64. The highest BCUT2D eigenvalue weighted by atomic mass is 15.2. The summed E-state index contributed by atoms with van der Waals surface area (Å²) >= 11 is 0. The van der Waals surface area contributed by atoms with E-state index in [4.69, 9.17) is 5.73 Å². The van der Waals surface area contributed by atoms with Crippen LogP contribution in [0.3, 0.4) is 0 Å². The third-order valence-electron chi connectivity index (χ3n) is 3.38. The summed E-state index contributed by atoms with van der Waals surface area (Å²) in [6.45, 7) is 8.92. The summed E-state index contributed by atoms with van der Waals surface area (Å²) in [7, 11) is 0. The molecule has 13 heavy (non-hydrogen) atoms. The minimum Gasteiger partial charge on any atom is -0.329 e. The van der Waals surface area contributed by atoms with Gasteiger partial charge in [0.2, 0.25) is 0 Å². The molecule has 2 heteroatoms. The topological polar surface area (TPSA) is 29.3 Å². The monoisotopic (exact) mass is 184 g/mol. The third-order valence-corrected chi connectivity index (χ3v) is 3.38. The van der Waals surface area contributed by atoms with E-state index < -0.39 is 0 Å². The van der Waals surface area contributed by atoms with Crippen molar-refractivity contribution in [2.75, 3.05) is 13.1 Å². The second kappa shape index (κ2) is 4.97. The summed E-state index contributed by atoms with van der Waals surface area (Å²) in [6, 6.07) is 1.30. The standard InChI is InChI=1S/C11H24N2/c1-4-10-5-6-13(9(2)3)11(7-10)8-12/h9-11H,4-8,12H2,1-3H3. The van der Waals surface area contributed by atoms with E-state index in [0.29, 0.717) is 12.1 Å². The average molecular weight is 184 g/mol. The van der Waals surface area contributed by atoms with Gasteiger partial charge in [-0.2, -0.15) is 0 Å². The predicted octanol–water partition coefficient (Wildman–Crippen LogP) is 1.84. The van der Waals surface area contributed by atoms with Crippen molar-refractivity contribution in [2.45, 2.75) is 52.1 Å². The van der Waals surface area contributed by atoms with Crippen molar-refractivity contribution in [1.29, 1.82) is 0 Å². The highest BCUT2D eigenvalue weighted by molar-refractivity contribution is 4.83. The number of rotatable bonds is 3. The van der Waals surface area contributed by atoms with Crippen LogP contribution in [0, 0.1) is 5.92 Å². The fourth-order valence-corrected chi connectivity index (χ4v) is 2.43. The SMILES string of the molecule is CCC1CCN(C(C)C)C(CN)C1. The molecule has 78 valence electrons. The zero-order valence-corrected chi connectivity index (χ0v) is 9.29. The van der Waals surface area contributed by atoms with E-state index in [1.54, 1.807) is 0 Å². The zero-order valence-electron chi connectivity index (χ0n) is 9.29. The Kier molecular flexibility index (Phi) is 4.20. The van der Waals surface area contributed by atoms with Crippen LogP contribution in [0.4, 0.5) is 0 Å². The molecule has 0 bridgehead atoms. The van der Waals surface area contributed by atoms with Crippen LogP contribution in [0.25, 0.3) is 0 Å². The first kappa shape index (κ1) is 11.0. The summed E-state index contributed by atoms with van der Waals surface area (Å²) < 4.78 is 0. The molecule has 2 N–H and O–H groups in total. The lowest BCUT2D eigenvalue weighted by Crippen LogP contribution is -2.49. The van der Waals surface area contributed by atoms with Crippen molar-refractivity contribution in [3.63, 3.8) is 0 Å². The predicted molar refractivity (Wildman–Crippen MR) is 57.7 cm³/mol. The van der Waals surface area contributed by atoms with Crippen molar-refractivity contribution < 1.29 is 0 Å². The van der Waals surface area contributed by atoms with E-state index in [2.05, 4.69) is 25.7 Å². The van der Waals surface area contributed by atoms with Gasteiger partial charge >= 0.3 is 0 Å². The van der Waals surface area contributed by atoms with Crippen LogP contribution in [0.2, 0.25) is 0 Å². The molecule has 1 aliphatic heterocycles. The van der Waals surface area contributed by atoms with Gasteiger partial charge in [0.1, 0.15) is 0 Å². The molecule has 1 fully saturated rings. The molecule has 0 spiro atoms. The van der Waals surface area contributed by atoms with E-state index in [0.717, 1.165) is 12.5 Å². The minimum atomic E-state index is 0.638. The molecule has 0 aromatic rings. The minimum absolute atomic E-state index is 0.638. The second-order valence-electron chi connectivity index (χ2n) is 4.52. The maximum atomic E-state index is 5.81. The molecule has 2 atom stereocenters. The van der Waals surface area contributed by atoms with Gasteiger partial charge < -0.3 is 5.73 Å².